The maximum absolute atomic E-state index is 4.40. The summed E-state index contributed by atoms with van der Waals surface area (Å²) in [5.41, 5.74) is 1.44. The SMILES string of the molecule is CN=C(NC1CCC(SC)C1)NC1CC1c1ccccc1. The highest BCUT2D eigenvalue weighted by atomic mass is 32.2. The number of hydrogen-bond donors (Lipinski definition) is 2. The van der Waals surface area contributed by atoms with Crippen LogP contribution in [0.4, 0.5) is 0 Å². The number of benzene rings is 1. The zero-order valence-corrected chi connectivity index (χ0v) is 13.7. The van der Waals surface area contributed by atoms with E-state index in [2.05, 4.69) is 52.2 Å². The van der Waals surface area contributed by atoms with E-state index in [0.29, 0.717) is 18.0 Å². The van der Waals surface area contributed by atoms with Crippen molar-refractivity contribution in [1.82, 2.24) is 10.6 Å². The van der Waals surface area contributed by atoms with Crippen LogP contribution in [0.5, 0.6) is 0 Å². The van der Waals surface area contributed by atoms with Crippen LogP contribution in [0, 0.1) is 0 Å². The van der Waals surface area contributed by atoms with Gasteiger partial charge in [-0.1, -0.05) is 30.3 Å². The van der Waals surface area contributed by atoms with Gasteiger partial charge in [0.2, 0.25) is 0 Å². The molecule has 2 saturated carbocycles. The molecule has 2 aliphatic rings. The monoisotopic (exact) mass is 303 g/mol. The molecule has 0 saturated heterocycles. The molecule has 0 heterocycles. The van der Waals surface area contributed by atoms with E-state index in [9.17, 15) is 0 Å². The number of aliphatic imine (C=N–C) groups is 1. The molecular weight excluding hydrogens is 278 g/mol. The molecule has 0 amide bonds. The first kappa shape index (κ1) is 14.8. The van der Waals surface area contributed by atoms with E-state index in [1.54, 1.807) is 0 Å². The number of nitrogens with one attached hydrogen (secondary N) is 2. The number of hydrogen-bond acceptors (Lipinski definition) is 2. The molecule has 2 N–H and O–H groups in total. The van der Waals surface area contributed by atoms with Crippen molar-refractivity contribution in [3.05, 3.63) is 35.9 Å². The standard InChI is InChI=1S/C17H25N3S/c1-18-17(19-13-8-9-14(10-13)21-2)20-16-11-15(16)12-6-4-3-5-7-12/h3-7,13-16H,8-11H2,1-2H3,(H2,18,19,20). The van der Waals surface area contributed by atoms with E-state index < -0.39 is 0 Å². The van der Waals surface area contributed by atoms with Crippen LogP contribution in [0.1, 0.15) is 37.2 Å². The summed E-state index contributed by atoms with van der Waals surface area (Å²) in [6, 6.07) is 11.9. The quantitative estimate of drug-likeness (QED) is 0.663. The molecule has 0 bridgehead atoms. The van der Waals surface area contributed by atoms with Crippen LogP contribution in [0.25, 0.3) is 0 Å². The second-order valence-corrected chi connectivity index (χ2v) is 7.23. The Morgan fingerprint density at radius 2 is 1.95 bits per heavy atom. The Hall–Kier alpha value is -1.16. The fraction of sp³-hybridized carbons (Fsp3) is 0.588. The molecule has 1 aromatic carbocycles. The first-order chi connectivity index (χ1) is 10.3. The van der Waals surface area contributed by atoms with Gasteiger partial charge in [-0.25, -0.2) is 0 Å². The van der Waals surface area contributed by atoms with E-state index in [-0.39, 0.29) is 0 Å². The summed E-state index contributed by atoms with van der Waals surface area (Å²) in [6.45, 7) is 0. The van der Waals surface area contributed by atoms with Gasteiger partial charge in [-0.05, 0) is 37.5 Å². The van der Waals surface area contributed by atoms with Crippen molar-refractivity contribution in [2.75, 3.05) is 13.3 Å². The lowest BCUT2D eigenvalue weighted by Gasteiger charge is -2.17. The average molecular weight is 303 g/mol. The molecule has 0 aromatic heterocycles. The fourth-order valence-corrected chi connectivity index (χ4v) is 4.04. The van der Waals surface area contributed by atoms with Gasteiger partial charge >= 0.3 is 0 Å². The van der Waals surface area contributed by atoms with Gasteiger partial charge in [-0.2, -0.15) is 11.8 Å². The Balaban J connectivity index is 1.48. The molecule has 2 fully saturated rings. The molecule has 4 atom stereocenters. The van der Waals surface area contributed by atoms with Crippen molar-refractivity contribution < 1.29 is 0 Å². The largest absolute Gasteiger partial charge is 0.354 e. The second kappa shape index (κ2) is 6.73. The van der Waals surface area contributed by atoms with Crippen molar-refractivity contribution >= 4 is 17.7 Å². The normalized spacial score (nSPS) is 32.0. The van der Waals surface area contributed by atoms with Crippen molar-refractivity contribution in [2.24, 2.45) is 4.99 Å². The molecule has 4 heteroatoms. The van der Waals surface area contributed by atoms with Gasteiger partial charge in [0.05, 0.1) is 0 Å². The van der Waals surface area contributed by atoms with E-state index in [1.807, 2.05) is 18.8 Å². The molecule has 0 radical (unpaired) electrons. The molecule has 114 valence electrons. The van der Waals surface area contributed by atoms with Crippen molar-refractivity contribution in [1.29, 1.82) is 0 Å². The summed E-state index contributed by atoms with van der Waals surface area (Å²) < 4.78 is 0. The highest BCUT2D eigenvalue weighted by Crippen LogP contribution is 2.40. The highest BCUT2D eigenvalue weighted by molar-refractivity contribution is 7.99. The van der Waals surface area contributed by atoms with Gasteiger partial charge < -0.3 is 10.6 Å². The third-order valence-corrected chi connectivity index (χ3v) is 5.72. The number of thioether (sulfide) groups is 1. The number of guanidine groups is 1. The van der Waals surface area contributed by atoms with Gasteiger partial charge in [0.25, 0.3) is 0 Å². The van der Waals surface area contributed by atoms with Gasteiger partial charge in [0, 0.05) is 30.3 Å². The Morgan fingerprint density at radius 1 is 1.14 bits per heavy atom. The average Bonchev–Trinajstić information content (AvgIpc) is 3.15. The highest BCUT2D eigenvalue weighted by Gasteiger charge is 2.39. The van der Waals surface area contributed by atoms with Gasteiger partial charge in [-0.3, -0.25) is 4.99 Å². The number of nitrogens with zero attached hydrogens (tertiary/aromatic N) is 1. The van der Waals surface area contributed by atoms with Crippen LogP contribution >= 0.6 is 11.8 Å². The van der Waals surface area contributed by atoms with E-state index in [4.69, 9.17) is 0 Å². The van der Waals surface area contributed by atoms with Crippen molar-refractivity contribution in [3.8, 4) is 0 Å². The summed E-state index contributed by atoms with van der Waals surface area (Å²) in [5, 5.41) is 8.00. The summed E-state index contributed by atoms with van der Waals surface area (Å²) in [4.78, 5) is 4.40. The third-order valence-electron chi connectivity index (χ3n) is 4.62. The van der Waals surface area contributed by atoms with Crippen LogP contribution in [-0.4, -0.2) is 36.6 Å². The first-order valence-electron chi connectivity index (χ1n) is 7.87. The van der Waals surface area contributed by atoms with Crippen LogP contribution in [0.3, 0.4) is 0 Å². The number of rotatable bonds is 4. The smallest absolute Gasteiger partial charge is 0.191 e. The maximum Gasteiger partial charge on any atom is 0.191 e. The minimum Gasteiger partial charge on any atom is -0.354 e. The van der Waals surface area contributed by atoms with E-state index >= 15 is 0 Å². The zero-order valence-electron chi connectivity index (χ0n) is 12.9. The molecule has 1 aromatic rings. The van der Waals surface area contributed by atoms with Gasteiger partial charge in [0.1, 0.15) is 0 Å². The second-order valence-electron chi connectivity index (χ2n) is 6.09. The van der Waals surface area contributed by atoms with Crippen LogP contribution in [0.2, 0.25) is 0 Å². The first-order valence-corrected chi connectivity index (χ1v) is 9.16. The molecule has 3 nitrogen and oxygen atoms in total. The van der Waals surface area contributed by atoms with Crippen LogP contribution < -0.4 is 10.6 Å². The Bertz CT molecular complexity index is 488. The predicted octanol–water partition coefficient (Wildman–Crippen LogP) is 2.99. The van der Waals surface area contributed by atoms with E-state index in [0.717, 1.165) is 11.2 Å². The topological polar surface area (TPSA) is 36.4 Å². The van der Waals surface area contributed by atoms with Gasteiger partial charge in [-0.15, -0.1) is 0 Å². The molecule has 3 rings (SSSR count). The molecular formula is C17H25N3S. The minimum absolute atomic E-state index is 0.538. The Morgan fingerprint density at radius 3 is 2.62 bits per heavy atom. The summed E-state index contributed by atoms with van der Waals surface area (Å²) in [7, 11) is 1.87. The zero-order chi connectivity index (χ0) is 14.7. The molecule has 4 unspecified atom stereocenters. The van der Waals surface area contributed by atoms with Crippen LogP contribution in [0.15, 0.2) is 35.3 Å². The molecule has 21 heavy (non-hydrogen) atoms. The summed E-state index contributed by atoms with van der Waals surface area (Å²) >= 11 is 1.99. The molecule has 0 spiro atoms. The van der Waals surface area contributed by atoms with Crippen molar-refractivity contribution in [2.45, 2.75) is 48.9 Å². The van der Waals surface area contributed by atoms with Gasteiger partial charge in [0.15, 0.2) is 5.96 Å². The third kappa shape index (κ3) is 3.73. The Labute approximate surface area is 132 Å². The lowest BCUT2D eigenvalue weighted by molar-refractivity contribution is 0.613. The predicted molar refractivity (Wildman–Crippen MR) is 92.2 cm³/mol. The van der Waals surface area contributed by atoms with Crippen LogP contribution in [-0.2, 0) is 0 Å². The summed E-state index contributed by atoms with van der Waals surface area (Å²) in [5.74, 6) is 1.62. The lowest BCUT2D eigenvalue weighted by Crippen LogP contribution is -2.43. The van der Waals surface area contributed by atoms with Crippen molar-refractivity contribution in [3.63, 3.8) is 0 Å². The maximum atomic E-state index is 4.40. The molecule has 2 aliphatic carbocycles. The lowest BCUT2D eigenvalue weighted by atomic mass is 10.1. The Kier molecular flexibility index (Phi) is 4.73. The minimum atomic E-state index is 0.538. The van der Waals surface area contributed by atoms with E-state index in [1.165, 1.54) is 31.2 Å². The summed E-state index contributed by atoms with van der Waals surface area (Å²) in [6.07, 6.45) is 7.27. The molecule has 0 aliphatic heterocycles. The fourth-order valence-electron chi connectivity index (χ4n) is 3.25.